The van der Waals surface area contributed by atoms with E-state index in [9.17, 15) is 14.4 Å². The van der Waals surface area contributed by atoms with Crippen molar-refractivity contribution in [2.24, 2.45) is 0 Å². The Hall–Kier alpha value is -3.42. The van der Waals surface area contributed by atoms with Gasteiger partial charge in [-0.05, 0) is 48.0 Å². The number of hydrogen-bond donors (Lipinski definition) is 2. The Morgan fingerprint density at radius 2 is 1.77 bits per heavy atom. The molecule has 0 bridgehead atoms. The molecule has 4 rings (SSSR count). The minimum absolute atomic E-state index is 0.136. The number of carbonyl (C=O) groups excluding carboxylic acids is 3. The van der Waals surface area contributed by atoms with Crippen molar-refractivity contribution in [1.82, 2.24) is 10.2 Å². The zero-order valence-corrected chi connectivity index (χ0v) is 17.2. The van der Waals surface area contributed by atoms with Crippen molar-refractivity contribution in [2.75, 3.05) is 11.9 Å². The Morgan fingerprint density at radius 3 is 2.50 bits per heavy atom. The number of hydrogen-bond acceptors (Lipinski definition) is 4. The summed E-state index contributed by atoms with van der Waals surface area (Å²) in [5.74, 6) is -0.989. The number of para-hydroxylation sites is 1. The average Bonchev–Trinajstić information content (AvgIpc) is 3.30. The number of carbonyl (C=O) groups is 3. The third-order valence-electron chi connectivity index (χ3n) is 4.36. The summed E-state index contributed by atoms with van der Waals surface area (Å²) >= 11 is 7.40. The molecule has 4 amide bonds. The predicted octanol–water partition coefficient (Wildman–Crippen LogP) is 4.60. The third kappa shape index (κ3) is 4.42. The van der Waals surface area contributed by atoms with Crippen LogP contribution >= 0.6 is 22.9 Å². The van der Waals surface area contributed by atoms with Gasteiger partial charge in [0.2, 0.25) is 5.91 Å². The topological polar surface area (TPSA) is 78.5 Å². The fourth-order valence-electron chi connectivity index (χ4n) is 2.92. The third-order valence-corrected chi connectivity index (χ3v) is 5.70. The van der Waals surface area contributed by atoms with Gasteiger partial charge in [-0.3, -0.25) is 9.59 Å². The molecule has 1 aliphatic heterocycles. The van der Waals surface area contributed by atoms with Crippen molar-refractivity contribution in [1.29, 1.82) is 0 Å². The van der Waals surface area contributed by atoms with Crippen molar-refractivity contribution in [3.05, 3.63) is 82.3 Å². The van der Waals surface area contributed by atoms with E-state index < -0.39 is 17.8 Å². The standard InChI is InChI=1S/C22H16ClN3O3S/c23-15-8-6-14(7-9-15)19-11-10-17(30-19)12-18-21(28)26(22(29)25-18)13-20(27)24-16-4-2-1-3-5-16/h1-12H,13H2,(H,24,27)(H,25,29)/b18-12-. The van der Waals surface area contributed by atoms with Crippen LogP contribution in [0.1, 0.15) is 4.88 Å². The maximum atomic E-state index is 12.6. The first kappa shape index (κ1) is 19.9. The van der Waals surface area contributed by atoms with Crippen molar-refractivity contribution in [3.63, 3.8) is 0 Å². The zero-order valence-electron chi connectivity index (χ0n) is 15.6. The number of thiophene rings is 1. The predicted molar refractivity (Wildman–Crippen MR) is 118 cm³/mol. The summed E-state index contributed by atoms with van der Waals surface area (Å²) in [6.45, 7) is -0.364. The summed E-state index contributed by atoms with van der Waals surface area (Å²) in [4.78, 5) is 39.7. The second-order valence-electron chi connectivity index (χ2n) is 6.50. The number of urea groups is 1. The number of nitrogens with zero attached hydrogens (tertiary/aromatic N) is 1. The van der Waals surface area contributed by atoms with Gasteiger partial charge in [0, 0.05) is 20.5 Å². The van der Waals surface area contributed by atoms with Gasteiger partial charge in [0.25, 0.3) is 5.91 Å². The second-order valence-corrected chi connectivity index (χ2v) is 8.05. The molecular weight excluding hydrogens is 422 g/mol. The summed E-state index contributed by atoms with van der Waals surface area (Å²) < 4.78 is 0. The van der Waals surface area contributed by atoms with E-state index in [1.165, 1.54) is 11.3 Å². The van der Waals surface area contributed by atoms with Gasteiger partial charge in [-0.25, -0.2) is 9.69 Å². The highest BCUT2D eigenvalue weighted by Gasteiger charge is 2.35. The minimum Gasteiger partial charge on any atom is -0.325 e. The first-order valence-electron chi connectivity index (χ1n) is 9.05. The summed E-state index contributed by atoms with van der Waals surface area (Å²) in [5, 5.41) is 5.86. The zero-order chi connectivity index (χ0) is 21.1. The van der Waals surface area contributed by atoms with Gasteiger partial charge in [-0.2, -0.15) is 0 Å². The van der Waals surface area contributed by atoms with E-state index in [4.69, 9.17) is 11.6 Å². The number of benzene rings is 2. The van der Waals surface area contributed by atoms with Gasteiger partial charge in [-0.15, -0.1) is 11.3 Å². The molecule has 1 aliphatic rings. The summed E-state index contributed by atoms with van der Waals surface area (Å²) in [6, 6.07) is 19.5. The fourth-order valence-corrected chi connectivity index (χ4v) is 4.01. The summed E-state index contributed by atoms with van der Waals surface area (Å²) in [7, 11) is 0. The molecule has 0 aliphatic carbocycles. The fraction of sp³-hybridized carbons (Fsp3) is 0.0455. The Labute approximate surface area is 181 Å². The van der Waals surface area contributed by atoms with Crippen LogP contribution in [0, 0.1) is 0 Å². The van der Waals surface area contributed by atoms with E-state index in [-0.39, 0.29) is 12.2 Å². The van der Waals surface area contributed by atoms with Crippen LogP contribution in [0.5, 0.6) is 0 Å². The molecular formula is C22H16ClN3O3S. The number of nitrogens with one attached hydrogen (secondary N) is 2. The number of imide groups is 1. The van der Waals surface area contributed by atoms with Gasteiger partial charge in [0.15, 0.2) is 0 Å². The lowest BCUT2D eigenvalue weighted by Crippen LogP contribution is -2.38. The first-order chi connectivity index (χ1) is 14.5. The molecule has 1 aromatic heterocycles. The number of anilines is 1. The van der Waals surface area contributed by atoms with Gasteiger partial charge in [0.05, 0.1) is 0 Å². The Bertz CT molecular complexity index is 1140. The molecule has 0 spiro atoms. The molecule has 0 saturated carbocycles. The lowest BCUT2D eigenvalue weighted by molar-refractivity contribution is -0.127. The Balaban J connectivity index is 1.45. The Morgan fingerprint density at radius 1 is 1.03 bits per heavy atom. The molecule has 0 radical (unpaired) electrons. The van der Waals surface area contributed by atoms with Gasteiger partial charge in [0.1, 0.15) is 12.2 Å². The van der Waals surface area contributed by atoms with E-state index in [2.05, 4.69) is 10.6 Å². The minimum atomic E-state index is -0.621. The maximum absolute atomic E-state index is 12.6. The Kier molecular flexibility index (Phi) is 5.65. The molecule has 8 heteroatoms. The highest BCUT2D eigenvalue weighted by atomic mass is 35.5. The average molecular weight is 438 g/mol. The number of rotatable bonds is 5. The molecule has 1 saturated heterocycles. The van der Waals surface area contributed by atoms with Gasteiger partial charge in [-0.1, -0.05) is 41.9 Å². The van der Waals surface area contributed by atoms with Gasteiger partial charge < -0.3 is 10.6 Å². The number of halogens is 1. The van der Waals surface area contributed by atoms with Crippen LogP contribution in [0.15, 0.2) is 72.4 Å². The van der Waals surface area contributed by atoms with Crippen LogP contribution in [0.4, 0.5) is 10.5 Å². The van der Waals surface area contributed by atoms with Crippen LogP contribution in [-0.2, 0) is 9.59 Å². The van der Waals surface area contributed by atoms with Crippen LogP contribution in [0.25, 0.3) is 16.5 Å². The molecule has 30 heavy (non-hydrogen) atoms. The molecule has 6 nitrogen and oxygen atoms in total. The molecule has 0 atom stereocenters. The molecule has 150 valence electrons. The number of amides is 4. The largest absolute Gasteiger partial charge is 0.329 e. The SMILES string of the molecule is O=C(CN1C(=O)N/C(=C\c2ccc(-c3ccc(Cl)cc3)s2)C1=O)Nc1ccccc1. The van der Waals surface area contributed by atoms with Crippen molar-refractivity contribution < 1.29 is 14.4 Å². The van der Waals surface area contributed by atoms with E-state index >= 15 is 0 Å². The summed E-state index contributed by atoms with van der Waals surface area (Å²) in [5.41, 5.74) is 1.74. The molecule has 2 N–H and O–H groups in total. The van der Waals surface area contributed by atoms with Crippen LogP contribution in [0.2, 0.25) is 5.02 Å². The van der Waals surface area contributed by atoms with Crippen LogP contribution in [-0.4, -0.2) is 29.3 Å². The van der Waals surface area contributed by atoms with E-state index in [1.807, 2.05) is 42.5 Å². The van der Waals surface area contributed by atoms with Crippen LogP contribution in [0.3, 0.4) is 0 Å². The lowest BCUT2D eigenvalue weighted by atomic mass is 10.2. The normalized spacial score (nSPS) is 14.8. The van der Waals surface area contributed by atoms with Crippen LogP contribution < -0.4 is 10.6 Å². The van der Waals surface area contributed by atoms with E-state index in [0.29, 0.717) is 10.7 Å². The van der Waals surface area contributed by atoms with Crippen molar-refractivity contribution in [2.45, 2.75) is 0 Å². The quantitative estimate of drug-likeness (QED) is 0.452. The smallest absolute Gasteiger partial charge is 0.325 e. The lowest BCUT2D eigenvalue weighted by Gasteiger charge is -2.11. The van der Waals surface area contributed by atoms with Crippen molar-refractivity contribution >= 4 is 52.5 Å². The van der Waals surface area contributed by atoms with E-state index in [0.717, 1.165) is 20.2 Å². The molecule has 2 heterocycles. The molecule has 2 aromatic carbocycles. The van der Waals surface area contributed by atoms with Crippen molar-refractivity contribution in [3.8, 4) is 10.4 Å². The van der Waals surface area contributed by atoms with Gasteiger partial charge >= 0.3 is 6.03 Å². The summed E-state index contributed by atoms with van der Waals surface area (Å²) in [6.07, 6.45) is 1.61. The second kappa shape index (κ2) is 8.52. The monoisotopic (exact) mass is 437 g/mol. The molecule has 3 aromatic rings. The highest BCUT2D eigenvalue weighted by Crippen LogP contribution is 2.30. The molecule has 1 fully saturated rings. The highest BCUT2D eigenvalue weighted by molar-refractivity contribution is 7.16. The first-order valence-corrected chi connectivity index (χ1v) is 10.2. The maximum Gasteiger partial charge on any atom is 0.329 e. The van der Waals surface area contributed by atoms with E-state index in [1.54, 1.807) is 30.3 Å². The molecule has 0 unspecified atom stereocenters.